The lowest BCUT2D eigenvalue weighted by molar-refractivity contribution is 0.0572. The van der Waals surface area contributed by atoms with Crippen LogP contribution in [0.5, 0.6) is 0 Å². The molecule has 5 nitrogen and oxygen atoms in total. The Balaban J connectivity index is 2.24. The molecule has 1 saturated heterocycles. The van der Waals surface area contributed by atoms with Crippen molar-refractivity contribution in [1.29, 1.82) is 0 Å². The number of carbonyl (C=O) groups excluding carboxylic acids is 1. The van der Waals surface area contributed by atoms with Crippen LogP contribution in [-0.4, -0.2) is 51.3 Å². The Morgan fingerprint density at radius 2 is 1.94 bits per heavy atom. The molecule has 2 atom stereocenters. The number of aliphatic hydroxyl groups excluding tert-OH is 2. The number of nitrogens with zero attached hydrogens (tertiary/aromatic N) is 2. The van der Waals surface area contributed by atoms with Gasteiger partial charge >= 0.3 is 0 Å². The molecule has 2 N–H and O–H groups in total. The molecule has 0 aromatic carbocycles. The van der Waals surface area contributed by atoms with Crippen LogP contribution >= 0.6 is 0 Å². The zero-order valence-electron chi connectivity index (χ0n) is 8.68. The molecular formula is C10H10F2N2O3. The van der Waals surface area contributed by atoms with Crippen LogP contribution in [0.4, 0.5) is 8.78 Å². The van der Waals surface area contributed by atoms with Gasteiger partial charge in [0.05, 0.1) is 17.8 Å². The number of hydrogen-bond donors (Lipinski definition) is 2. The van der Waals surface area contributed by atoms with E-state index < -0.39 is 35.4 Å². The Morgan fingerprint density at radius 3 is 2.53 bits per heavy atom. The minimum Gasteiger partial charge on any atom is -0.388 e. The molecule has 1 amide bonds. The van der Waals surface area contributed by atoms with E-state index in [0.29, 0.717) is 0 Å². The number of aliphatic hydroxyl groups is 2. The fraction of sp³-hybridized carbons (Fsp3) is 0.400. The highest BCUT2D eigenvalue weighted by Crippen LogP contribution is 2.16. The first-order valence-corrected chi connectivity index (χ1v) is 4.96. The summed E-state index contributed by atoms with van der Waals surface area (Å²) in [5.41, 5.74) is -0.459. The van der Waals surface area contributed by atoms with Crippen LogP contribution in [0, 0.1) is 11.8 Å². The van der Waals surface area contributed by atoms with Crippen molar-refractivity contribution in [2.45, 2.75) is 12.2 Å². The van der Waals surface area contributed by atoms with Crippen molar-refractivity contribution in [2.75, 3.05) is 13.1 Å². The summed E-state index contributed by atoms with van der Waals surface area (Å²) in [7, 11) is 0. The lowest BCUT2D eigenvalue weighted by Crippen LogP contribution is -2.30. The first-order chi connectivity index (χ1) is 8.00. The van der Waals surface area contributed by atoms with Gasteiger partial charge in [-0.2, -0.15) is 4.39 Å². The second kappa shape index (κ2) is 4.34. The number of halogens is 2. The van der Waals surface area contributed by atoms with Gasteiger partial charge in [0.15, 0.2) is 5.82 Å². The molecular weight excluding hydrogens is 234 g/mol. The van der Waals surface area contributed by atoms with Gasteiger partial charge in [-0.3, -0.25) is 4.79 Å². The molecule has 1 aliphatic rings. The number of hydrogen-bond acceptors (Lipinski definition) is 4. The molecule has 1 aromatic rings. The van der Waals surface area contributed by atoms with Crippen molar-refractivity contribution in [2.24, 2.45) is 0 Å². The number of β-amino-alcohol motifs (C(OH)–C–C–N with tert-alkyl or cyclic N) is 2. The van der Waals surface area contributed by atoms with Crippen molar-refractivity contribution in [1.82, 2.24) is 9.88 Å². The number of pyridine rings is 1. The van der Waals surface area contributed by atoms with Crippen LogP contribution in [0.2, 0.25) is 0 Å². The molecule has 92 valence electrons. The summed E-state index contributed by atoms with van der Waals surface area (Å²) in [6, 6.07) is 1.05. The number of rotatable bonds is 1. The van der Waals surface area contributed by atoms with E-state index in [4.69, 9.17) is 0 Å². The molecule has 1 aliphatic heterocycles. The van der Waals surface area contributed by atoms with Crippen LogP contribution in [0.25, 0.3) is 0 Å². The average molecular weight is 244 g/mol. The maximum absolute atomic E-state index is 13.3. The van der Waals surface area contributed by atoms with Crippen molar-refractivity contribution < 1.29 is 23.8 Å². The van der Waals surface area contributed by atoms with Crippen LogP contribution in [0.3, 0.4) is 0 Å². The smallest absolute Gasteiger partial charge is 0.257 e. The second-order valence-corrected chi connectivity index (χ2v) is 3.81. The average Bonchev–Trinajstić information content (AvgIpc) is 2.62. The van der Waals surface area contributed by atoms with Gasteiger partial charge in [-0.05, 0) is 6.07 Å². The highest BCUT2D eigenvalue weighted by atomic mass is 19.2. The summed E-state index contributed by atoms with van der Waals surface area (Å²) in [6.07, 6.45) is -1.14. The number of aromatic nitrogens is 1. The zero-order valence-corrected chi connectivity index (χ0v) is 8.68. The Morgan fingerprint density at radius 1 is 1.35 bits per heavy atom. The lowest BCUT2D eigenvalue weighted by Gasteiger charge is -2.15. The standard InChI is InChI=1S/C10H10F2N2O3/c11-8-5(1-2-13-9(8)12)10(17)14-3-6(15)7(16)4-14/h1-2,6-7,15-16H,3-4H2. The maximum Gasteiger partial charge on any atom is 0.257 e. The topological polar surface area (TPSA) is 73.7 Å². The van der Waals surface area contributed by atoms with E-state index in [9.17, 15) is 23.8 Å². The molecule has 0 bridgehead atoms. The van der Waals surface area contributed by atoms with E-state index in [-0.39, 0.29) is 13.1 Å². The third-order valence-corrected chi connectivity index (χ3v) is 2.62. The predicted molar refractivity (Wildman–Crippen MR) is 52.1 cm³/mol. The number of carbonyl (C=O) groups is 1. The fourth-order valence-corrected chi connectivity index (χ4v) is 1.69. The number of amides is 1. The Hall–Kier alpha value is -1.60. The van der Waals surface area contributed by atoms with Crippen molar-refractivity contribution in [3.63, 3.8) is 0 Å². The molecule has 0 aliphatic carbocycles. The third kappa shape index (κ3) is 2.11. The van der Waals surface area contributed by atoms with Crippen LogP contribution in [0.1, 0.15) is 10.4 Å². The van der Waals surface area contributed by atoms with Crippen molar-refractivity contribution in [3.8, 4) is 0 Å². The maximum atomic E-state index is 13.3. The SMILES string of the molecule is O=C(c1ccnc(F)c1F)N1CC(O)C(O)C1. The predicted octanol–water partition coefficient (Wildman–Crippen LogP) is -0.463. The Bertz CT molecular complexity index is 445. The third-order valence-electron chi connectivity index (χ3n) is 2.62. The molecule has 2 heterocycles. The van der Waals surface area contributed by atoms with E-state index in [1.165, 1.54) is 0 Å². The molecule has 2 rings (SSSR count). The van der Waals surface area contributed by atoms with Gasteiger partial charge in [-0.1, -0.05) is 0 Å². The monoisotopic (exact) mass is 244 g/mol. The van der Waals surface area contributed by atoms with Gasteiger partial charge in [0.2, 0.25) is 5.95 Å². The number of likely N-dealkylation sites (tertiary alicyclic amines) is 1. The molecule has 17 heavy (non-hydrogen) atoms. The summed E-state index contributed by atoms with van der Waals surface area (Å²) in [6.45, 7) is -0.216. The highest BCUT2D eigenvalue weighted by molar-refractivity contribution is 5.94. The minimum absolute atomic E-state index is 0.108. The molecule has 2 unspecified atom stereocenters. The summed E-state index contributed by atoms with van der Waals surface area (Å²) in [5, 5.41) is 18.5. The molecule has 7 heteroatoms. The van der Waals surface area contributed by atoms with Gasteiger partial charge in [-0.25, -0.2) is 9.37 Å². The van der Waals surface area contributed by atoms with Crippen LogP contribution < -0.4 is 0 Å². The molecule has 1 fully saturated rings. The van der Waals surface area contributed by atoms with Crippen molar-refractivity contribution >= 4 is 5.91 Å². The Kier molecular flexibility index (Phi) is 3.03. The molecule has 0 spiro atoms. The quantitative estimate of drug-likeness (QED) is 0.655. The van der Waals surface area contributed by atoms with Crippen molar-refractivity contribution in [3.05, 3.63) is 29.6 Å². The fourth-order valence-electron chi connectivity index (χ4n) is 1.69. The normalized spacial score (nSPS) is 24.1. The summed E-state index contributed by atoms with van der Waals surface area (Å²) >= 11 is 0. The molecule has 0 radical (unpaired) electrons. The van der Waals surface area contributed by atoms with Gasteiger partial charge in [0, 0.05) is 19.3 Å². The van der Waals surface area contributed by atoms with E-state index in [2.05, 4.69) is 4.98 Å². The van der Waals surface area contributed by atoms with Gasteiger partial charge in [0.25, 0.3) is 5.91 Å². The first-order valence-electron chi connectivity index (χ1n) is 4.96. The summed E-state index contributed by atoms with van der Waals surface area (Å²) < 4.78 is 26.1. The van der Waals surface area contributed by atoms with Gasteiger partial charge < -0.3 is 15.1 Å². The highest BCUT2D eigenvalue weighted by Gasteiger charge is 2.34. The largest absolute Gasteiger partial charge is 0.388 e. The second-order valence-electron chi connectivity index (χ2n) is 3.81. The van der Waals surface area contributed by atoms with E-state index >= 15 is 0 Å². The van der Waals surface area contributed by atoms with E-state index in [1.54, 1.807) is 0 Å². The van der Waals surface area contributed by atoms with Crippen LogP contribution in [0.15, 0.2) is 12.3 Å². The first kappa shape index (κ1) is 11.9. The van der Waals surface area contributed by atoms with Gasteiger partial charge in [0.1, 0.15) is 0 Å². The van der Waals surface area contributed by atoms with E-state index in [0.717, 1.165) is 17.2 Å². The summed E-state index contributed by atoms with van der Waals surface area (Å²) in [4.78, 5) is 15.9. The lowest BCUT2D eigenvalue weighted by atomic mass is 10.2. The van der Waals surface area contributed by atoms with Crippen LogP contribution in [-0.2, 0) is 0 Å². The molecule has 1 aromatic heterocycles. The minimum atomic E-state index is -1.35. The zero-order chi connectivity index (χ0) is 12.6. The van der Waals surface area contributed by atoms with E-state index in [1.807, 2.05) is 0 Å². The van der Waals surface area contributed by atoms with Gasteiger partial charge in [-0.15, -0.1) is 0 Å². The summed E-state index contributed by atoms with van der Waals surface area (Å²) in [5.74, 6) is -3.45. The Labute approximate surface area is 95.3 Å². The molecule has 0 saturated carbocycles.